The summed E-state index contributed by atoms with van der Waals surface area (Å²) in [6.07, 6.45) is 0. The average Bonchev–Trinajstić information content (AvgIpc) is 3.46. The third-order valence-corrected chi connectivity index (χ3v) is 7.57. The summed E-state index contributed by atoms with van der Waals surface area (Å²) in [4.78, 5) is 33.3. The Morgan fingerprint density at radius 2 is 1.61 bits per heavy atom. The van der Waals surface area contributed by atoms with Crippen LogP contribution in [0.3, 0.4) is 0 Å². The van der Waals surface area contributed by atoms with Gasteiger partial charge in [-0.1, -0.05) is 17.4 Å². The molecule has 5 rings (SSSR count). The quantitative estimate of drug-likeness (QED) is 0.198. The van der Waals surface area contributed by atoms with Gasteiger partial charge < -0.3 is 19.3 Å². The lowest BCUT2D eigenvalue weighted by Gasteiger charge is -2.25. The van der Waals surface area contributed by atoms with E-state index in [1.807, 2.05) is 26.0 Å². The molecule has 0 radical (unpaired) electrons. The molecule has 0 bridgehead atoms. The molecule has 0 unspecified atom stereocenters. The van der Waals surface area contributed by atoms with Crippen molar-refractivity contribution in [3.05, 3.63) is 82.4 Å². The molecule has 0 spiro atoms. The van der Waals surface area contributed by atoms with E-state index >= 15 is 0 Å². The molecular weight excluding hydrogens is 504 g/mol. The molecule has 1 amide bonds. The Morgan fingerprint density at radius 3 is 2.26 bits per heavy atom. The second kappa shape index (κ2) is 9.83. The van der Waals surface area contributed by atoms with Crippen LogP contribution in [-0.2, 0) is 9.59 Å². The molecule has 1 aromatic heterocycles. The van der Waals surface area contributed by atoms with Gasteiger partial charge in [0.2, 0.25) is 0 Å². The predicted molar refractivity (Wildman–Crippen MR) is 146 cm³/mol. The van der Waals surface area contributed by atoms with Gasteiger partial charge in [0.15, 0.2) is 5.13 Å². The summed E-state index contributed by atoms with van der Waals surface area (Å²) in [5, 5.41) is 11.8. The molecule has 1 atom stereocenters. The zero-order valence-electron chi connectivity index (χ0n) is 21.6. The summed E-state index contributed by atoms with van der Waals surface area (Å²) in [6, 6.07) is 14.7. The van der Waals surface area contributed by atoms with Crippen molar-refractivity contribution >= 4 is 44.1 Å². The van der Waals surface area contributed by atoms with E-state index in [2.05, 4.69) is 0 Å². The number of ether oxygens (including phenoxy) is 3. The maximum absolute atomic E-state index is 13.6. The SMILES string of the molecule is COc1ccc(C(O)=C2C(=O)C(=O)N(c3nc4c(C)cc(C)cc4s3)[C@H]2c2cc(OC)ccc2OC)cc1. The molecule has 2 heterocycles. The topological polar surface area (TPSA) is 98.2 Å². The van der Waals surface area contributed by atoms with Gasteiger partial charge in [-0.15, -0.1) is 0 Å². The molecule has 9 heteroatoms. The molecule has 38 heavy (non-hydrogen) atoms. The van der Waals surface area contributed by atoms with E-state index in [0.29, 0.717) is 33.5 Å². The molecule has 4 aromatic rings. The van der Waals surface area contributed by atoms with Crippen LogP contribution < -0.4 is 19.1 Å². The number of Topliss-reactive ketones (excluding diaryl/α,β-unsaturated/α-hetero) is 1. The number of anilines is 1. The number of benzene rings is 3. The van der Waals surface area contributed by atoms with Crippen LogP contribution >= 0.6 is 11.3 Å². The van der Waals surface area contributed by atoms with Crippen molar-refractivity contribution in [3.8, 4) is 17.2 Å². The number of ketones is 1. The van der Waals surface area contributed by atoms with Crippen LogP contribution in [0, 0.1) is 13.8 Å². The van der Waals surface area contributed by atoms with E-state index in [0.717, 1.165) is 21.3 Å². The fourth-order valence-corrected chi connectivity index (χ4v) is 5.91. The van der Waals surface area contributed by atoms with Gasteiger partial charge in [-0.2, -0.15) is 0 Å². The normalized spacial score (nSPS) is 16.8. The number of fused-ring (bicyclic) bond motifs is 1. The molecule has 3 aromatic carbocycles. The molecule has 194 valence electrons. The maximum atomic E-state index is 13.6. The standard InChI is InChI=1S/C29H26N2O6S/c1-15-12-16(2)24-22(13-15)38-29(30-24)31-25(20-14-19(36-4)10-11-21(20)37-5)23(27(33)28(31)34)26(32)17-6-8-18(35-3)9-7-17/h6-14,25,32H,1-5H3/t25-/m0/s1. The number of thiazole rings is 1. The van der Waals surface area contributed by atoms with Crippen LogP contribution in [-0.4, -0.2) is 43.1 Å². The van der Waals surface area contributed by atoms with Crippen LogP contribution in [0.15, 0.2) is 60.2 Å². The second-order valence-corrected chi connectivity index (χ2v) is 9.94. The summed E-state index contributed by atoms with van der Waals surface area (Å²) >= 11 is 1.31. The Labute approximate surface area is 223 Å². The van der Waals surface area contributed by atoms with E-state index in [4.69, 9.17) is 19.2 Å². The predicted octanol–water partition coefficient (Wildman–Crippen LogP) is 5.57. The number of aryl methyl sites for hydroxylation is 2. The first-order chi connectivity index (χ1) is 18.3. The number of carbonyl (C=O) groups is 2. The molecule has 1 aliphatic heterocycles. The fourth-order valence-electron chi connectivity index (χ4n) is 4.74. The van der Waals surface area contributed by atoms with Gasteiger partial charge in [0.1, 0.15) is 29.0 Å². The highest BCUT2D eigenvalue weighted by Crippen LogP contribution is 2.47. The lowest BCUT2D eigenvalue weighted by atomic mass is 9.94. The third kappa shape index (κ3) is 4.14. The number of aliphatic hydroxyl groups is 1. The number of hydrogen-bond donors (Lipinski definition) is 1. The molecule has 1 aliphatic rings. The van der Waals surface area contributed by atoms with Crippen molar-refractivity contribution in [2.45, 2.75) is 19.9 Å². The van der Waals surface area contributed by atoms with Crippen LogP contribution in [0.2, 0.25) is 0 Å². The van der Waals surface area contributed by atoms with Crippen molar-refractivity contribution in [1.29, 1.82) is 0 Å². The van der Waals surface area contributed by atoms with Crippen molar-refractivity contribution in [2.24, 2.45) is 0 Å². The maximum Gasteiger partial charge on any atom is 0.301 e. The number of rotatable bonds is 6. The number of hydrogen-bond acceptors (Lipinski definition) is 8. The Morgan fingerprint density at radius 1 is 0.921 bits per heavy atom. The van der Waals surface area contributed by atoms with Crippen LogP contribution in [0.1, 0.15) is 28.3 Å². The van der Waals surface area contributed by atoms with Gasteiger partial charge in [0, 0.05) is 11.1 Å². The van der Waals surface area contributed by atoms with Gasteiger partial charge in [-0.3, -0.25) is 14.5 Å². The first kappa shape index (κ1) is 25.3. The number of aliphatic hydroxyl groups excluding tert-OH is 1. The number of aromatic nitrogens is 1. The lowest BCUT2D eigenvalue weighted by molar-refractivity contribution is -0.132. The van der Waals surface area contributed by atoms with Gasteiger partial charge in [-0.25, -0.2) is 4.98 Å². The first-order valence-electron chi connectivity index (χ1n) is 11.8. The highest BCUT2D eigenvalue weighted by atomic mass is 32.1. The van der Waals surface area contributed by atoms with E-state index < -0.39 is 17.7 Å². The Kier molecular flexibility index (Phi) is 6.54. The fraction of sp³-hybridized carbons (Fsp3) is 0.207. The zero-order valence-corrected chi connectivity index (χ0v) is 22.4. The summed E-state index contributed by atoms with van der Waals surface area (Å²) in [6.45, 7) is 3.95. The lowest BCUT2D eigenvalue weighted by Crippen LogP contribution is -2.29. The van der Waals surface area contributed by atoms with Crippen LogP contribution in [0.25, 0.3) is 16.0 Å². The van der Waals surface area contributed by atoms with Crippen LogP contribution in [0.4, 0.5) is 5.13 Å². The van der Waals surface area contributed by atoms with Gasteiger partial charge in [0.05, 0.1) is 37.1 Å². The van der Waals surface area contributed by atoms with E-state index in [1.54, 1.807) is 42.5 Å². The monoisotopic (exact) mass is 530 g/mol. The summed E-state index contributed by atoms with van der Waals surface area (Å²) in [5.41, 5.74) is 3.56. The van der Waals surface area contributed by atoms with Gasteiger partial charge >= 0.3 is 5.91 Å². The summed E-state index contributed by atoms with van der Waals surface area (Å²) < 4.78 is 17.2. The molecule has 0 aliphatic carbocycles. The first-order valence-corrected chi connectivity index (χ1v) is 12.6. The number of nitrogens with zero attached hydrogens (tertiary/aromatic N) is 2. The highest BCUT2D eigenvalue weighted by molar-refractivity contribution is 7.22. The summed E-state index contributed by atoms with van der Waals surface area (Å²) in [5.74, 6) is -0.392. The minimum Gasteiger partial charge on any atom is -0.507 e. The van der Waals surface area contributed by atoms with Gasteiger partial charge in [0.25, 0.3) is 5.78 Å². The van der Waals surface area contributed by atoms with Crippen LogP contribution in [0.5, 0.6) is 17.2 Å². The minimum absolute atomic E-state index is 0.0705. The molecule has 1 fully saturated rings. The molecule has 1 N–H and O–H groups in total. The number of methoxy groups -OCH3 is 3. The number of carbonyl (C=O) groups excluding carboxylic acids is 2. The molecular formula is C29H26N2O6S. The second-order valence-electron chi connectivity index (χ2n) is 8.93. The zero-order chi connectivity index (χ0) is 27.1. The third-order valence-electron chi connectivity index (χ3n) is 6.56. The highest BCUT2D eigenvalue weighted by Gasteiger charge is 2.49. The van der Waals surface area contributed by atoms with E-state index in [9.17, 15) is 14.7 Å². The van der Waals surface area contributed by atoms with E-state index in [-0.39, 0.29) is 11.3 Å². The molecule has 1 saturated heterocycles. The van der Waals surface area contributed by atoms with Crippen molar-refractivity contribution in [2.75, 3.05) is 26.2 Å². The molecule has 8 nitrogen and oxygen atoms in total. The number of amides is 1. The average molecular weight is 531 g/mol. The Balaban J connectivity index is 1.78. The Hall–Kier alpha value is -4.37. The Bertz CT molecular complexity index is 1610. The van der Waals surface area contributed by atoms with E-state index in [1.165, 1.54) is 37.6 Å². The minimum atomic E-state index is -1.01. The largest absolute Gasteiger partial charge is 0.507 e. The molecule has 0 saturated carbocycles. The van der Waals surface area contributed by atoms with Crippen molar-refractivity contribution in [1.82, 2.24) is 4.98 Å². The smallest absolute Gasteiger partial charge is 0.301 e. The van der Waals surface area contributed by atoms with Crippen molar-refractivity contribution in [3.63, 3.8) is 0 Å². The van der Waals surface area contributed by atoms with Crippen molar-refractivity contribution < 1.29 is 28.9 Å². The van der Waals surface area contributed by atoms with Gasteiger partial charge in [-0.05, 0) is 73.5 Å². The summed E-state index contributed by atoms with van der Waals surface area (Å²) in [7, 11) is 4.57.